The van der Waals surface area contributed by atoms with Crippen molar-refractivity contribution in [3.8, 4) is 0 Å². The second-order valence-corrected chi connectivity index (χ2v) is 4.18. The van der Waals surface area contributed by atoms with Crippen molar-refractivity contribution in [1.29, 1.82) is 0 Å². The summed E-state index contributed by atoms with van der Waals surface area (Å²) < 4.78 is 16.1. The molecule has 14 heavy (non-hydrogen) atoms. The predicted molar refractivity (Wildman–Crippen MR) is 57.4 cm³/mol. The van der Waals surface area contributed by atoms with Gasteiger partial charge in [0.15, 0.2) is 11.1 Å². The molecule has 0 heterocycles. The zero-order valence-corrected chi connectivity index (χ0v) is 8.58. The monoisotopic (exact) mass is 206 g/mol. The van der Waals surface area contributed by atoms with E-state index in [1.54, 1.807) is 0 Å². The summed E-state index contributed by atoms with van der Waals surface area (Å²) >= 11 is -1.35. The molecular weight excluding hydrogens is 196 g/mol. The number of hydrogen-bond donors (Lipinski definition) is 0. The summed E-state index contributed by atoms with van der Waals surface area (Å²) in [6, 6.07) is 13.6. The SMILES string of the molecule is COS(=O)c1ccc2ccccc2c1. The van der Waals surface area contributed by atoms with Gasteiger partial charge in [-0.05, 0) is 22.9 Å². The van der Waals surface area contributed by atoms with E-state index in [4.69, 9.17) is 4.18 Å². The third-order valence-corrected chi connectivity index (χ3v) is 3.01. The Bertz CT molecular complexity index is 479. The standard InChI is InChI=1S/C11H10O2S/c1-13-14(12)11-7-6-9-4-2-3-5-10(9)8-11/h2-8H,1H3. The molecule has 1 unspecified atom stereocenters. The first kappa shape index (κ1) is 9.37. The Balaban J connectivity index is 2.56. The lowest BCUT2D eigenvalue weighted by molar-refractivity contribution is 0.446. The van der Waals surface area contributed by atoms with Gasteiger partial charge in [-0.1, -0.05) is 30.3 Å². The topological polar surface area (TPSA) is 26.3 Å². The summed E-state index contributed by atoms with van der Waals surface area (Å²) in [5, 5.41) is 2.22. The van der Waals surface area contributed by atoms with Gasteiger partial charge in [-0.3, -0.25) is 4.18 Å². The van der Waals surface area contributed by atoms with Gasteiger partial charge in [0, 0.05) is 0 Å². The first-order valence-corrected chi connectivity index (χ1v) is 5.34. The van der Waals surface area contributed by atoms with E-state index in [2.05, 4.69) is 0 Å². The van der Waals surface area contributed by atoms with Gasteiger partial charge in [0.05, 0.1) is 12.0 Å². The van der Waals surface area contributed by atoms with Gasteiger partial charge in [0.25, 0.3) is 0 Å². The van der Waals surface area contributed by atoms with E-state index in [0.29, 0.717) is 4.90 Å². The Kier molecular flexibility index (Phi) is 2.61. The molecule has 0 saturated heterocycles. The molecule has 3 heteroatoms. The van der Waals surface area contributed by atoms with Crippen LogP contribution in [0.2, 0.25) is 0 Å². The maximum Gasteiger partial charge on any atom is 0.188 e. The van der Waals surface area contributed by atoms with Crippen LogP contribution in [0.4, 0.5) is 0 Å². The molecule has 0 bridgehead atoms. The summed E-state index contributed by atoms with van der Waals surface area (Å²) in [7, 11) is 1.44. The van der Waals surface area contributed by atoms with E-state index in [-0.39, 0.29) is 0 Å². The van der Waals surface area contributed by atoms with Crippen LogP contribution in [0.25, 0.3) is 10.8 Å². The van der Waals surface area contributed by atoms with Crippen LogP contribution in [0, 0.1) is 0 Å². The van der Waals surface area contributed by atoms with Gasteiger partial charge in [0.2, 0.25) is 0 Å². The van der Waals surface area contributed by atoms with Crippen LogP contribution in [-0.2, 0) is 15.3 Å². The summed E-state index contributed by atoms with van der Waals surface area (Å²) in [6.45, 7) is 0. The highest BCUT2D eigenvalue weighted by atomic mass is 32.2. The van der Waals surface area contributed by atoms with Gasteiger partial charge in [0.1, 0.15) is 0 Å². The van der Waals surface area contributed by atoms with Gasteiger partial charge in [-0.2, -0.15) is 0 Å². The van der Waals surface area contributed by atoms with Crippen molar-refractivity contribution >= 4 is 21.9 Å². The van der Waals surface area contributed by atoms with Crippen molar-refractivity contribution < 1.29 is 8.39 Å². The van der Waals surface area contributed by atoms with Crippen molar-refractivity contribution in [2.75, 3.05) is 7.11 Å². The molecule has 0 radical (unpaired) electrons. The van der Waals surface area contributed by atoms with Crippen molar-refractivity contribution in [2.45, 2.75) is 4.90 Å². The Labute approximate surface area is 85.2 Å². The number of hydrogen-bond acceptors (Lipinski definition) is 2. The molecule has 1 atom stereocenters. The lowest BCUT2D eigenvalue weighted by atomic mass is 10.1. The Morgan fingerprint density at radius 3 is 2.50 bits per heavy atom. The molecule has 0 aliphatic heterocycles. The highest BCUT2D eigenvalue weighted by Crippen LogP contribution is 2.17. The Hall–Kier alpha value is -1.19. The second kappa shape index (κ2) is 3.90. The van der Waals surface area contributed by atoms with Crippen molar-refractivity contribution in [2.24, 2.45) is 0 Å². The third-order valence-electron chi connectivity index (χ3n) is 2.06. The molecule has 72 valence electrons. The Morgan fingerprint density at radius 2 is 1.79 bits per heavy atom. The molecule has 0 fully saturated rings. The molecule has 0 amide bonds. The van der Waals surface area contributed by atoms with Crippen molar-refractivity contribution in [3.63, 3.8) is 0 Å². The minimum Gasteiger partial charge on any atom is -0.290 e. The van der Waals surface area contributed by atoms with Crippen LogP contribution < -0.4 is 0 Å². The fourth-order valence-corrected chi connectivity index (χ4v) is 1.96. The maximum absolute atomic E-state index is 11.3. The van der Waals surface area contributed by atoms with Gasteiger partial charge in [-0.15, -0.1) is 0 Å². The quantitative estimate of drug-likeness (QED) is 0.754. The van der Waals surface area contributed by atoms with Crippen LogP contribution in [-0.4, -0.2) is 11.3 Å². The van der Waals surface area contributed by atoms with E-state index >= 15 is 0 Å². The van der Waals surface area contributed by atoms with E-state index in [1.807, 2.05) is 42.5 Å². The third kappa shape index (κ3) is 1.69. The minimum atomic E-state index is -1.35. The largest absolute Gasteiger partial charge is 0.290 e. The molecule has 0 N–H and O–H groups in total. The van der Waals surface area contributed by atoms with Crippen LogP contribution in [0.15, 0.2) is 47.4 Å². The van der Waals surface area contributed by atoms with Crippen LogP contribution >= 0.6 is 0 Å². The van der Waals surface area contributed by atoms with Crippen LogP contribution in [0.3, 0.4) is 0 Å². The van der Waals surface area contributed by atoms with Crippen LogP contribution in [0.1, 0.15) is 0 Å². The first-order valence-electron chi connectivity index (χ1n) is 4.26. The normalized spacial score (nSPS) is 12.9. The lowest BCUT2D eigenvalue weighted by Crippen LogP contribution is -1.92. The number of benzene rings is 2. The van der Waals surface area contributed by atoms with Crippen molar-refractivity contribution in [1.82, 2.24) is 0 Å². The molecule has 0 aliphatic carbocycles. The average molecular weight is 206 g/mol. The van der Waals surface area contributed by atoms with Crippen LogP contribution in [0.5, 0.6) is 0 Å². The van der Waals surface area contributed by atoms with E-state index in [0.717, 1.165) is 10.8 Å². The number of rotatable bonds is 2. The highest BCUT2D eigenvalue weighted by Gasteiger charge is 2.02. The molecule has 0 aromatic heterocycles. The van der Waals surface area contributed by atoms with Crippen molar-refractivity contribution in [3.05, 3.63) is 42.5 Å². The summed E-state index contributed by atoms with van der Waals surface area (Å²) in [6.07, 6.45) is 0. The van der Waals surface area contributed by atoms with Gasteiger partial charge < -0.3 is 0 Å². The first-order chi connectivity index (χ1) is 6.81. The van der Waals surface area contributed by atoms with E-state index < -0.39 is 11.1 Å². The number of fused-ring (bicyclic) bond motifs is 1. The second-order valence-electron chi connectivity index (χ2n) is 2.91. The molecule has 2 aromatic rings. The highest BCUT2D eigenvalue weighted by molar-refractivity contribution is 7.80. The summed E-state index contributed by atoms with van der Waals surface area (Å²) in [5.74, 6) is 0. The zero-order chi connectivity index (χ0) is 9.97. The molecule has 0 saturated carbocycles. The Morgan fingerprint density at radius 1 is 1.07 bits per heavy atom. The maximum atomic E-state index is 11.3. The zero-order valence-electron chi connectivity index (χ0n) is 7.77. The smallest absolute Gasteiger partial charge is 0.188 e. The predicted octanol–water partition coefficient (Wildman–Crippen LogP) is 2.51. The summed E-state index contributed by atoms with van der Waals surface area (Å²) in [5.41, 5.74) is 0. The van der Waals surface area contributed by atoms with Gasteiger partial charge in [-0.25, -0.2) is 4.21 Å². The fraction of sp³-hybridized carbons (Fsp3) is 0.0909. The van der Waals surface area contributed by atoms with Gasteiger partial charge >= 0.3 is 0 Å². The molecule has 2 nitrogen and oxygen atoms in total. The minimum absolute atomic E-state index is 0.700. The van der Waals surface area contributed by atoms with E-state index in [1.165, 1.54) is 7.11 Å². The average Bonchev–Trinajstić information content (AvgIpc) is 2.27. The molecule has 2 rings (SSSR count). The molecule has 2 aromatic carbocycles. The molecule has 0 aliphatic rings. The lowest BCUT2D eigenvalue weighted by Gasteiger charge is -2.01. The van der Waals surface area contributed by atoms with E-state index in [9.17, 15) is 4.21 Å². The molecule has 0 spiro atoms. The molecular formula is C11H10O2S. The fourth-order valence-electron chi connectivity index (χ4n) is 1.37. The summed E-state index contributed by atoms with van der Waals surface area (Å²) in [4.78, 5) is 0.700.